The number of nitrogens with zero attached hydrogens (tertiary/aromatic N) is 3. The first-order valence-corrected chi connectivity index (χ1v) is 9.25. The Morgan fingerprint density at radius 3 is 2.48 bits per heavy atom. The maximum Gasteiger partial charge on any atom is 0.116 e. The fraction of sp³-hybridized carbons (Fsp3) is 0.412. The van der Waals surface area contributed by atoms with Gasteiger partial charge in [-0.3, -0.25) is 0 Å². The number of rotatable bonds is 4. The van der Waals surface area contributed by atoms with Crippen LogP contribution in [0.15, 0.2) is 40.4 Å². The number of allylic oxidation sites excluding steroid dienone is 1. The molecule has 1 aromatic carbocycles. The number of benzene rings is 1. The number of thioether (sulfide) groups is 1. The van der Waals surface area contributed by atoms with Crippen LogP contribution in [0.25, 0.3) is 0 Å². The lowest BCUT2D eigenvalue weighted by molar-refractivity contribution is 0.369. The highest BCUT2D eigenvalue weighted by Crippen LogP contribution is 2.22. The van der Waals surface area contributed by atoms with Crippen molar-refractivity contribution in [2.45, 2.75) is 18.2 Å². The van der Waals surface area contributed by atoms with E-state index in [-0.39, 0.29) is 4.99 Å². The van der Waals surface area contributed by atoms with Gasteiger partial charge in [-0.1, -0.05) is 12.2 Å². The lowest BCUT2D eigenvalue weighted by Crippen LogP contribution is -2.31. The van der Waals surface area contributed by atoms with Gasteiger partial charge >= 0.3 is 0 Å². The monoisotopic (exact) mass is 346 g/mol. The van der Waals surface area contributed by atoms with Crippen molar-refractivity contribution in [2.24, 2.45) is 5.73 Å². The molecule has 122 valence electrons. The van der Waals surface area contributed by atoms with Gasteiger partial charge in [0.25, 0.3) is 0 Å². The van der Waals surface area contributed by atoms with Crippen LogP contribution in [0.5, 0.6) is 0 Å². The summed E-state index contributed by atoms with van der Waals surface area (Å²) >= 11 is 6.73. The first-order valence-electron chi connectivity index (χ1n) is 7.61. The summed E-state index contributed by atoms with van der Waals surface area (Å²) in [7, 11) is 0. The molecule has 2 rings (SSSR count). The molecule has 0 aromatic heterocycles. The first kappa shape index (κ1) is 17.6. The molecule has 4 nitrogen and oxygen atoms in total. The fourth-order valence-corrected chi connectivity index (χ4v) is 3.38. The fourth-order valence-electron chi connectivity index (χ4n) is 2.78. The molecule has 1 fully saturated rings. The van der Waals surface area contributed by atoms with Gasteiger partial charge in [-0.05, 0) is 43.9 Å². The van der Waals surface area contributed by atoms with E-state index < -0.39 is 0 Å². The zero-order chi connectivity index (χ0) is 16.8. The van der Waals surface area contributed by atoms with E-state index >= 15 is 0 Å². The minimum atomic E-state index is 0.179. The Labute approximate surface area is 147 Å². The van der Waals surface area contributed by atoms with Gasteiger partial charge in [0.1, 0.15) is 16.6 Å². The average molecular weight is 347 g/mol. The molecule has 6 heteroatoms. The van der Waals surface area contributed by atoms with E-state index in [1.165, 1.54) is 10.6 Å². The minimum Gasteiger partial charge on any atom is -0.389 e. The standard InChI is InChI=1S/C17H22N4S2/c1-13(16(12-18)17(19)22)20-8-3-9-21(11-10-20)14-4-6-15(23-2)7-5-14/h4-7H,3,8-11H2,1-2H3,(H2,19,22)/b16-13-. The summed E-state index contributed by atoms with van der Waals surface area (Å²) in [5, 5.41) is 9.23. The van der Waals surface area contributed by atoms with Crippen LogP contribution < -0.4 is 10.6 Å². The number of nitriles is 1. The van der Waals surface area contributed by atoms with Gasteiger partial charge in [0.2, 0.25) is 0 Å². The molecule has 0 aliphatic carbocycles. The Kier molecular flexibility index (Phi) is 6.31. The van der Waals surface area contributed by atoms with Crippen LogP contribution in [-0.4, -0.2) is 42.3 Å². The Morgan fingerprint density at radius 1 is 1.22 bits per heavy atom. The summed E-state index contributed by atoms with van der Waals surface area (Å²) < 4.78 is 0. The zero-order valence-electron chi connectivity index (χ0n) is 13.6. The van der Waals surface area contributed by atoms with Crippen LogP contribution in [0.3, 0.4) is 0 Å². The maximum absolute atomic E-state index is 9.23. The van der Waals surface area contributed by atoms with Crippen LogP contribution in [0.4, 0.5) is 5.69 Å². The van der Waals surface area contributed by atoms with Crippen LogP contribution in [0.2, 0.25) is 0 Å². The Hall–Kier alpha value is -1.71. The molecule has 0 unspecified atom stereocenters. The van der Waals surface area contributed by atoms with Gasteiger partial charge in [-0.25, -0.2) is 0 Å². The van der Waals surface area contributed by atoms with E-state index in [0.29, 0.717) is 5.57 Å². The molecule has 1 aliphatic heterocycles. The first-order chi connectivity index (χ1) is 11.1. The summed E-state index contributed by atoms with van der Waals surface area (Å²) in [5.41, 5.74) is 8.22. The third kappa shape index (κ3) is 4.40. The van der Waals surface area contributed by atoms with Crippen LogP contribution in [-0.2, 0) is 0 Å². The van der Waals surface area contributed by atoms with Gasteiger partial charge < -0.3 is 15.5 Å². The SMILES string of the molecule is CSc1ccc(N2CCCN(/C(C)=C(/C#N)C(N)=S)CC2)cc1. The van der Waals surface area contributed by atoms with Crippen molar-refractivity contribution >= 4 is 34.7 Å². The van der Waals surface area contributed by atoms with Crippen molar-refractivity contribution in [3.05, 3.63) is 35.5 Å². The molecule has 23 heavy (non-hydrogen) atoms. The quantitative estimate of drug-likeness (QED) is 0.391. The van der Waals surface area contributed by atoms with E-state index in [1.807, 2.05) is 6.92 Å². The second-order valence-electron chi connectivity index (χ2n) is 5.46. The van der Waals surface area contributed by atoms with Crippen molar-refractivity contribution in [3.63, 3.8) is 0 Å². The lowest BCUT2D eigenvalue weighted by atomic mass is 10.2. The molecule has 1 saturated heterocycles. The van der Waals surface area contributed by atoms with Crippen molar-refractivity contribution in [1.29, 1.82) is 5.26 Å². The highest BCUT2D eigenvalue weighted by molar-refractivity contribution is 7.98. The number of nitrogens with two attached hydrogens (primary N) is 1. The molecule has 0 bridgehead atoms. The number of hydrogen-bond donors (Lipinski definition) is 1. The molecule has 0 amide bonds. The molecule has 0 spiro atoms. The van der Waals surface area contributed by atoms with Gasteiger partial charge in [-0.15, -0.1) is 11.8 Å². The number of thiocarbonyl (C=S) groups is 1. The second-order valence-corrected chi connectivity index (χ2v) is 6.78. The predicted octanol–water partition coefficient (Wildman–Crippen LogP) is 3.00. The molecule has 1 aromatic rings. The molecule has 0 saturated carbocycles. The summed E-state index contributed by atoms with van der Waals surface area (Å²) in [4.78, 5) is 6.07. The molecule has 0 atom stereocenters. The second kappa shape index (κ2) is 8.23. The van der Waals surface area contributed by atoms with Crippen molar-refractivity contribution < 1.29 is 0 Å². The van der Waals surface area contributed by atoms with E-state index in [9.17, 15) is 5.26 Å². The van der Waals surface area contributed by atoms with E-state index in [4.69, 9.17) is 18.0 Å². The lowest BCUT2D eigenvalue weighted by Gasteiger charge is -2.26. The van der Waals surface area contributed by atoms with Crippen molar-refractivity contribution in [3.8, 4) is 6.07 Å². The summed E-state index contributed by atoms with van der Waals surface area (Å²) in [6.45, 7) is 5.65. The van der Waals surface area contributed by atoms with Crippen LogP contribution in [0.1, 0.15) is 13.3 Å². The van der Waals surface area contributed by atoms with Crippen molar-refractivity contribution in [2.75, 3.05) is 37.3 Å². The summed E-state index contributed by atoms with van der Waals surface area (Å²) in [6.07, 6.45) is 3.13. The maximum atomic E-state index is 9.23. The van der Waals surface area contributed by atoms with E-state index in [1.54, 1.807) is 11.8 Å². The normalized spacial score (nSPS) is 16.4. The van der Waals surface area contributed by atoms with Gasteiger partial charge in [-0.2, -0.15) is 5.26 Å². The topological polar surface area (TPSA) is 56.3 Å². The van der Waals surface area contributed by atoms with E-state index in [2.05, 4.69) is 46.4 Å². The average Bonchev–Trinajstić information content (AvgIpc) is 2.81. The third-order valence-corrected chi connectivity index (χ3v) is 5.08. The predicted molar refractivity (Wildman–Crippen MR) is 102 cm³/mol. The van der Waals surface area contributed by atoms with Crippen LogP contribution >= 0.6 is 24.0 Å². The highest BCUT2D eigenvalue weighted by Gasteiger charge is 2.18. The van der Waals surface area contributed by atoms with Gasteiger partial charge in [0, 0.05) is 42.5 Å². The van der Waals surface area contributed by atoms with E-state index in [0.717, 1.165) is 38.3 Å². The number of anilines is 1. The third-order valence-electron chi connectivity index (χ3n) is 4.13. The Morgan fingerprint density at radius 2 is 1.91 bits per heavy atom. The van der Waals surface area contributed by atoms with Crippen molar-refractivity contribution in [1.82, 2.24) is 4.90 Å². The largest absolute Gasteiger partial charge is 0.389 e. The summed E-state index contributed by atoms with van der Waals surface area (Å²) in [6, 6.07) is 10.8. The Balaban J connectivity index is 2.10. The molecule has 2 N–H and O–H groups in total. The molecule has 1 heterocycles. The molecular formula is C17H22N4S2. The van der Waals surface area contributed by atoms with Crippen LogP contribution in [0, 0.1) is 11.3 Å². The minimum absolute atomic E-state index is 0.179. The van der Waals surface area contributed by atoms with Gasteiger partial charge in [0.15, 0.2) is 0 Å². The summed E-state index contributed by atoms with van der Waals surface area (Å²) in [5.74, 6) is 0. The number of hydrogen-bond acceptors (Lipinski definition) is 5. The Bertz CT molecular complexity index is 631. The zero-order valence-corrected chi connectivity index (χ0v) is 15.2. The molecular weight excluding hydrogens is 324 g/mol. The smallest absolute Gasteiger partial charge is 0.116 e. The highest BCUT2D eigenvalue weighted by atomic mass is 32.2. The molecule has 0 radical (unpaired) electrons. The molecule has 1 aliphatic rings. The van der Waals surface area contributed by atoms with Gasteiger partial charge in [0.05, 0.1) is 0 Å².